The molecule has 0 aromatic rings. The highest BCUT2D eigenvalue weighted by atomic mass is 16.3. The average Bonchev–Trinajstić information content (AvgIpc) is 2.87. The summed E-state index contributed by atoms with van der Waals surface area (Å²) in [7, 11) is 0. The molecule has 5 heteroatoms. The van der Waals surface area contributed by atoms with Gasteiger partial charge in [0.05, 0.1) is 6.54 Å². The highest BCUT2D eigenvalue weighted by Gasteiger charge is 2.21. The second kappa shape index (κ2) is 4.63. The van der Waals surface area contributed by atoms with Gasteiger partial charge in [0, 0.05) is 25.2 Å². The van der Waals surface area contributed by atoms with Crippen molar-refractivity contribution >= 4 is 5.84 Å². The van der Waals surface area contributed by atoms with Gasteiger partial charge in [0.2, 0.25) is 0 Å². The Hall–Kier alpha value is -1.07. The van der Waals surface area contributed by atoms with Crippen LogP contribution in [0.15, 0.2) is 16.8 Å². The lowest BCUT2D eigenvalue weighted by atomic mass is 10.2. The van der Waals surface area contributed by atoms with Crippen molar-refractivity contribution in [3.63, 3.8) is 0 Å². The second-order valence-electron chi connectivity index (χ2n) is 3.77. The number of amidine groups is 1. The van der Waals surface area contributed by atoms with E-state index in [0.717, 1.165) is 44.0 Å². The van der Waals surface area contributed by atoms with Gasteiger partial charge in [-0.25, -0.2) is 0 Å². The first-order chi connectivity index (χ1) is 7.35. The zero-order valence-electron chi connectivity index (χ0n) is 8.76. The fourth-order valence-corrected chi connectivity index (χ4v) is 2.02. The van der Waals surface area contributed by atoms with Crippen LogP contribution in [-0.2, 0) is 0 Å². The van der Waals surface area contributed by atoms with Gasteiger partial charge in [-0.1, -0.05) is 6.08 Å². The summed E-state index contributed by atoms with van der Waals surface area (Å²) in [5.41, 5.74) is 1.12. The number of aliphatic hydroxyl groups excluding tert-OH is 2. The van der Waals surface area contributed by atoms with E-state index in [-0.39, 0.29) is 13.5 Å². The summed E-state index contributed by atoms with van der Waals surface area (Å²) in [5.74, 6) is 0.934. The van der Waals surface area contributed by atoms with Crippen LogP contribution in [0.1, 0.15) is 12.8 Å². The third-order valence-electron chi connectivity index (χ3n) is 2.90. The molecule has 0 saturated carbocycles. The van der Waals surface area contributed by atoms with Crippen molar-refractivity contribution in [1.29, 1.82) is 0 Å². The van der Waals surface area contributed by atoms with Gasteiger partial charge in [0.15, 0.2) is 0 Å². The van der Waals surface area contributed by atoms with Gasteiger partial charge < -0.3 is 20.0 Å². The summed E-state index contributed by atoms with van der Waals surface area (Å²) in [5, 5.41) is 18.2. The van der Waals surface area contributed by atoms with Gasteiger partial charge in [-0.2, -0.15) is 0 Å². The first kappa shape index (κ1) is 10.4. The molecule has 5 nitrogen and oxygen atoms in total. The molecule has 0 saturated heterocycles. The molecule has 0 aliphatic carbocycles. The van der Waals surface area contributed by atoms with Crippen molar-refractivity contribution < 1.29 is 10.2 Å². The van der Waals surface area contributed by atoms with Gasteiger partial charge in [0.1, 0.15) is 19.3 Å². The van der Waals surface area contributed by atoms with E-state index >= 15 is 0 Å². The van der Waals surface area contributed by atoms with E-state index in [1.807, 2.05) is 9.80 Å². The maximum atomic E-state index is 9.12. The molecule has 0 fully saturated rings. The number of hydrogen-bond acceptors (Lipinski definition) is 5. The quantitative estimate of drug-likeness (QED) is 0.663. The van der Waals surface area contributed by atoms with Crippen LogP contribution in [0.2, 0.25) is 0 Å². The van der Waals surface area contributed by atoms with Gasteiger partial charge in [-0.3, -0.25) is 4.99 Å². The maximum Gasteiger partial charge on any atom is 0.116 e. The Morgan fingerprint density at radius 3 is 2.73 bits per heavy atom. The minimum atomic E-state index is 0.0330. The van der Waals surface area contributed by atoms with Crippen LogP contribution in [0.4, 0.5) is 0 Å². The summed E-state index contributed by atoms with van der Waals surface area (Å²) in [6, 6.07) is 0. The molecule has 0 unspecified atom stereocenters. The number of rotatable bonds is 4. The van der Waals surface area contributed by atoms with Gasteiger partial charge >= 0.3 is 0 Å². The normalized spacial score (nSPS) is 20.9. The van der Waals surface area contributed by atoms with Crippen LogP contribution < -0.4 is 0 Å². The van der Waals surface area contributed by atoms with Crippen molar-refractivity contribution in [2.45, 2.75) is 12.8 Å². The molecule has 0 atom stereocenters. The van der Waals surface area contributed by atoms with Crippen molar-refractivity contribution in [3.05, 3.63) is 11.8 Å². The van der Waals surface area contributed by atoms with Gasteiger partial charge in [0.25, 0.3) is 0 Å². The van der Waals surface area contributed by atoms with E-state index in [9.17, 15) is 0 Å². The SMILES string of the molecule is OCN1CCC=C1CC1=NCCN1CO. The molecular formula is C10H17N3O2. The number of hydrogen-bond donors (Lipinski definition) is 2. The summed E-state index contributed by atoms with van der Waals surface area (Å²) < 4.78 is 0. The molecule has 0 spiro atoms. The third-order valence-corrected chi connectivity index (χ3v) is 2.90. The highest BCUT2D eigenvalue weighted by molar-refractivity contribution is 5.85. The smallest absolute Gasteiger partial charge is 0.116 e. The molecular weight excluding hydrogens is 194 g/mol. The van der Waals surface area contributed by atoms with Crippen molar-refractivity contribution in [2.24, 2.45) is 4.99 Å². The Morgan fingerprint density at radius 1 is 1.20 bits per heavy atom. The number of aliphatic hydroxyl groups is 2. The zero-order valence-corrected chi connectivity index (χ0v) is 8.76. The summed E-state index contributed by atoms with van der Waals surface area (Å²) in [6.45, 7) is 2.56. The highest BCUT2D eigenvalue weighted by Crippen LogP contribution is 2.19. The topological polar surface area (TPSA) is 59.3 Å². The molecule has 0 bridgehead atoms. The molecule has 2 aliphatic rings. The molecule has 2 rings (SSSR count). The maximum absolute atomic E-state index is 9.12. The Bertz CT molecular complexity index is 260. The molecule has 15 heavy (non-hydrogen) atoms. The minimum absolute atomic E-state index is 0.0330. The lowest BCUT2D eigenvalue weighted by molar-refractivity contribution is 0.146. The lowest BCUT2D eigenvalue weighted by Gasteiger charge is -2.22. The predicted octanol–water partition coefficient (Wildman–Crippen LogP) is -0.420. The Kier molecular flexibility index (Phi) is 3.23. The first-order valence-electron chi connectivity index (χ1n) is 5.29. The first-order valence-corrected chi connectivity index (χ1v) is 5.29. The number of aliphatic imine (C=N–C) groups is 1. The lowest BCUT2D eigenvalue weighted by Crippen LogP contribution is -2.31. The van der Waals surface area contributed by atoms with E-state index in [1.54, 1.807) is 0 Å². The van der Waals surface area contributed by atoms with Crippen molar-refractivity contribution in [1.82, 2.24) is 9.80 Å². The average molecular weight is 211 g/mol. The van der Waals surface area contributed by atoms with E-state index in [1.165, 1.54) is 0 Å². The van der Waals surface area contributed by atoms with Crippen LogP contribution in [0.5, 0.6) is 0 Å². The third kappa shape index (κ3) is 2.13. The molecule has 2 heterocycles. The molecule has 2 aliphatic heterocycles. The summed E-state index contributed by atoms with van der Waals surface area (Å²) >= 11 is 0. The monoisotopic (exact) mass is 211 g/mol. The Morgan fingerprint density at radius 2 is 2.00 bits per heavy atom. The molecule has 0 radical (unpaired) electrons. The van der Waals surface area contributed by atoms with E-state index < -0.39 is 0 Å². The van der Waals surface area contributed by atoms with Crippen LogP contribution in [-0.4, -0.2) is 58.9 Å². The Labute approximate surface area is 89.3 Å². The van der Waals surface area contributed by atoms with Crippen LogP contribution in [0.25, 0.3) is 0 Å². The largest absolute Gasteiger partial charge is 0.376 e. The fraction of sp³-hybridized carbons (Fsp3) is 0.700. The molecule has 0 amide bonds. The molecule has 0 aromatic carbocycles. The predicted molar refractivity (Wildman–Crippen MR) is 57.2 cm³/mol. The molecule has 84 valence electrons. The Balaban J connectivity index is 1.96. The van der Waals surface area contributed by atoms with Crippen LogP contribution in [0, 0.1) is 0 Å². The minimum Gasteiger partial charge on any atom is -0.376 e. The van der Waals surface area contributed by atoms with E-state index in [4.69, 9.17) is 10.2 Å². The van der Waals surface area contributed by atoms with Crippen LogP contribution >= 0.6 is 0 Å². The molecule has 2 N–H and O–H groups in total. The van der Waals surface area contributed by atoms with E-state index in [2.05, 4.69) is 11.1 Å². The summed E-state index contributed by atoms with van der Waals surface area (Å²) in [4.78, 5) is 8.16. The number of nitrogens with zero attached hydrogens (tertiary/aromatic N) is 3. The van der Waals surface area contributed by atoms with Gasteiger partial charge in [-0.05, 0) is 6.42 Å². The molecule has 0 aromatic heterocycles. The van der Waals surface area contributed by atoms with Crippen molar-refractivity contribution in [3.8, 4) is 0 Å². The standard InChI is InChI=1S/C10H17N3O2/c14-7-12-4-1-2-9(12)6-10-11-3-5-13(10)8-15/h2,14-15H,1,3-8H2. The second-order valence-corrected chi connectivity index (χ2v) is 3.77. The van der Waals surface area contributed by atoms with Crippen molar-refractivity contribution in [2.75, 3.05) is 33.1 Å². The van der Waals surface area contributed by atoms with E-state index in [0.29, 0.717) is 0 Å². The zero-order chi connectivity index (χ0) is 10.7. The van der Waals surface area contributed by atoms with Crippen LogP contribution in [0.3, 0.4) is 0 Å². The fourth-order valence-electron chi connectivity index (χ4n) is 2.02. The summed E-state index contributed by atoms with van der Waals surface area (Å²) in [6.07, 6.45) is 3.84. The van der Waals surface area contributed by atoms with Gasteiger partial charge in [-0.15, -0.1) is 0 Å².